The van der Waals surface area contributed by atoms with Crippen molar-refractivity contribution >= 4 is 18.0 Å². The van der Waals surface area contributed by atoms with E-state index in [0.717, 1.165) is 28.6 Å². The summed E-state index contributed by atoms with van der Waals surface area (Å²) >= 11 is 0. The molecule has 35 heavy (non-hydrogen) atoms. The average molecular weight is 485 g/mol. The lowest BCUT2D eigenvalue weighted by Gasteiger charge is -2.15. The van der Waals surface area contributed by atoms with E-state index in [0.29, 0.717) is 0 Å². The molecule has 3 N–H and O–H groups in total. The number of carboxylic acids is 1. The van der Waals surface area contributed by atoms with E-state index in [1.165, 1.54) is 0 Å². The Morgan fingerprint density at radius 1 is 1.06 bits per heavy atom. The van der Waals surface area contributed by atoms with Gasteiger partial charge in [-0.25, -0.2) is 18.6 Å². The Morgan fingerprint density at radius 3 is 2.29 bits per heavy atom. The number of fused-ring (bicyclic) bond motifs is 3. The van der Waals surface area contributed by atoms with Gasteiger partial charge >= 0.3 is 12.1 Å². The van der Waals surface area contributed by atoms with Crippen molar-refractivity contribution in [1.29, 1.82) is 0 Å². The molecular weight excluding hydrogens is 464 g/mol. The summed E-state index contributed by atoms with van der Waals surface area (Å²) < 4.78 is 36.5. The number of carbonyl (C=O) groups is 3. The third kappa shape index (κ3) is 5.29. The number of nitrogens with zero attached hydrogens (tertiary/aromatic N) is 1. The molecule has 3 aromatic rings. The molecule has 1 aliphatic rings. The minimum Gasteiger partial charge on any atom is -0.481 e. The van der Waals surface area contributed by atoms with Crippen molar-refractivity contribution in [2.45, 2.75) is 31.4 Å². The second kappa shape index (κ2) is 10.3. The average Bonchev–Trinajstić information content (AvgIpc) is 3.43. The molecule has 1 heterocycles. The molecule has 1 aromatic heterocycles. The van der Waals surface area contributed by atoms with Gasteiger partial charge in [0.1, 0.15) is 12.6 Å². The standard InChI is InChI=1S/C24H21F2N3O6/c25-22(26)18(9-20(30)31)29-23(32)21-19(35-12-28-21)10-27-24(33)34-11-17-15-7-3-1-5-13(15)14-6-2-4-8-16(14)17/h1-8,12,17-18,22H,9-11H2,(H,27,33)(H,29,32)(H,30,31). The number of benzene rings is 2. The fraction of sp³-hybridized carbons (Fsp3) is 0.250. The van der Waals surface area contributed by atoms with E-state index in [4.69, 9.17) is 14.3 Å². The first-order valence-corrected chi connectivity index (χ1v) is 10.7. The maximum atomic E-state index is 13.0. The van der Waals surface area contributed by atoms with Crippen LogP contribution < -0.4 is 10.6 Å². The highest BCUT2D eigenvalue weighted by Crippen LogP contribution is 2.44. The number of carbonyl (C=O) groups excluding carboxylic acids is 2. The Morgan fingerprint density at radius 2 is 1.69 bits per heavy atom. The first-order chi connectivity index (χ1) is 16.8. The van der Waals surface area contributed by atoms with Crippen molar-refractivity contribution in [3.8, 4) is 11.1 Å². The molecule has 11 heteroatoms. The molecule has 0 saturated carbocycles. The molecule has 0 saturated heterocycles. The minimum absolute atomic E-state index is 0.0782. The molecule has 2 aromatic carbocycles. The van der Waals surface area contributed by atoms with E-state index in [9.17, 15) is 23.2 Å². The SMILES string of the molecule is O=C(O)CC(NC(=O)c1ncoc1CNC(=O)OCC1c2ccccc2-c2ccccc21)C(F)F. The molecule has 182 valence electrons. The van der Waals surface area contributed by atoms with Crippen LogP contribution in [0, 0.1) is 0 Å². The monoisotopic (exact) mass is 485 g/mol. The van der Waals surface area contributed by atoms with E-state index in [1.807, 2.05) is 53.8 Å². The van der Waals surface area contributed by atoms with Crippen molar-refractivity contribution in [2.24, 2.45) is 0 Å². The number of oxazole rings is 1. The number of nitrogens with one attached hydrogen (secondary N) is 2. The third-order valence-corrected chi connectivity index (χ3v) is 5.61. The van der Waals surface area contributed by atoms with Gasteiger partial charge in [0.2, 0.25) is 0 Å². The smallest absolute Gasteiger partial charge is 0.407 e. The van der Waals surface area contributed by atoms with Crippen LogP contribution in [0.1, 0.15) is 39.7 Å². The van der Waals surface area contributed by atoms with Crippen LogP contribution in [0.2, 0.25) is 0 Å². The van der Waals surface area contributed by atoms with E-state index in [2.05, 4.69) is 10.3 Å². The van der Waals surface area contributed by atoms with Crippen molar-refractivity contribution in [1.82, 2.24) is 15.6 Å². The number of alkyl carbamates (subject to hydrolysis) is 1. The third-order valence-electron chi connectivity index (χ3n) is 5.61. The van der Waals surface area contributed by atoms with Gasteiger partial charge in [0.25, 0.3) is 12.3 Å². The lowest BCUT2D eigenvalue weighted by molar-refractivity contribution is -0.138. The number of amides is 2. The van der Waals surface area contributed by atoms with Crippen molar-refractivity contribution in [3.05, 3.63) is 77.5 Å². The molecule has 1 aliphatic carbocycles. The van der Waals surface area contributed by atoms with Gasteiger partial charge in [-0.15, -0.1) is 0 Å². The van der Waals surface area contributed by atoms with Crippen LogP contribution in [0.15, 0.2) is 59.3 Å². The van der Waals surface area contributed by atoms with Crippen molar-refractivity contribution in [3.63, 3.8) is 0 Å². The summed E-state index contributed by atoms with van der Waals surface area (Å²) in [6, 6.07) is 13.8. The number of halogens is 2. The predicted octanol–water partition coefficient (Wildman–Crippen LogP) is 3.55. The van der Waals surface area contributed by atoms with Gasteiger partial charge in [-0.05, 0) is 22.3 Å². The predicted molar refractivity (Wildman–Crippen MR) is 118 cm³/mol. The maximum absolute atomic E-state index is 13.0. The van der Waals surface area contributed by atoms with E-state index in [1.54, 1.807) is 0 Å². The first kappa shape index (κ1) is 23.9. The van der Waals surface area contributed by atoms with E-state index in [-0.39, 0.29) is 30.5 Å². The summed E-state index contributed by atoms with van der Waals surface area (Å²) in [6.07, 6.45) is -3.91. The zero-order valence-electron chi connectivity index (χ0n) is 18.2. The van der Waals surface area contributed by atoms with Crippen LogP contribution in [0.5, 0.6) is 0 Å². The van der Waals surface area contributed by atoms with Gasteiger partial charge in [-0.3, -0.25) is 9.59 Å². The quantitative estimate of drug-likeness (QED) is 0.422. The van der Waals surface area contributed by atoms with Gasteiger partial charge in [-0.2, -0.15) is 0 Å². The highest BCUT2D eigenvalue weighted by atomic mass is 19.3. The van der Waals surface area contributed by atoms with Crippen LogP contribution >= 0.6 is 0 Å². The summed E-state index contributed by atoms with van der Waals surface area (Å²) in [5.41, 5.74) is 3.91. The van der Waals surface area contributed by atoms with E-state index >= 15 is 0 Å². The molecule has 0 radical (unpaired) electrons. The van der Waals surface area contributed by atoms with Gasteiger partial charge < -0.3 is 24.9 Å². The summed E-state index contributed by atoms with van der Waals surface area (Å²) in [4.78, 5) is 39.0. The number of hydrogen-bond acceptors (Lipinski definition) is 6. The number of hydrogen-bond donors (Lipinski definition) is 3. The highest BCUT2D eigenvalue weighted by Gasteiger charge is 2.30. The van der Waals surface area contributed by atoms with Crippen LogP contribution in [0.3, 0.4) is 0 Å². The molecule has 0 fully saturated rings. The molecule has 0 aliphatic heterocycles. The second-order valence-corrected chi connectivity index (χ2v) is 7.82. The molecule has 1 atom stereocenters. The highest BCUT2D eigenvalue weighted by molar-refractivity contribution is 5.93. The lowest BCUT2D eigenvalue weighted by atomic mass is 9.98. The summed E-state index contributed by atoms with van der Waals surface area (Å²) in [6.45, 7) is -0.216. The normalized spacial score (nSPS) is 13.1. The minimum atomic E-state index is -3.09. The number of carboxylic acid groups (broad SMARTS) is 1. The van der Waals surface area contributed by atoms with Crippen LogP contribution in [0.4, 0.5) is 13.6 Å². The Bertz CT molecular complexity index is 1200. The number of ether oxygens (including phenoxy) is 1. The zero-order chi connectivity index (χ0) is 24.9. The molecule has 0 bridgehead atoms. The molecular formula is C24H21F2N3O6. The van der Waals surface area contributed by atoms with E-state index < -0.39 is 36.9 Å². The van der Waals surface area contributed by atoms with Crippen LogP contribution in [-0.2, 0) is 16.1 Å². The topological polar surface area (TPSA) is 131 Å². The largest absolute Gasteiger partial charge is 0.481 e. The number of alkyl halides is 2. The Balaban J connectivity index is 1.35. The Labute approximate surface area is 198 Å². The molecule has 2 amide bonds. The number of aliphatic carboxylic acids is 1. The summed E-state index contributed by atoms with van der Waals surface area (Å²) in [7, 11) is 0. The van der Waals surface area contributed by atoms with Gasteiger partial charge in [-0.1, -0.05) is 48.5 Å². The number of rotatable bonds is 9. The Hall–Kier alpha value is -4.28. The van der Waals surface area contributed by atoms with Crippen molar-refractivity contribution in [2.75, 3.05) is 6.61 Å². The number of aromatic nitrogens is 1. The van der Waals surface area contributed by atoms with Crippen LogP contribution in [-0.4, -0.2) is 47.1 Å². The van der Waals surface area contributed by atoms with Crippen molar-refractivity contribution < 1.29 is 37.4 Å². The molecule has 1 unspecified atom stereocenters. The molecule has 0 spiro atoms. The molecule has 4 rings (SSSR count). The second-order valence-electron chi connectivity index (χ2n) is 7.82. The lowest BCUT2D eigenvalue weighted by Crippen LogP contribution is -2.42. The molecule has 9 nitrogen and oxygen atoms in total. The maximum Gasteiger partial charge on any atom is 0.407 e. The fourth-order valence-electron chi connectivity index (χ4n) is 4.01. The van der Waals surface area contributed by atoms with Crippen LogP contribution in [0.25, 0.3) is 11.1 Å². The zero-order valence-corrected chi connectivity index (χ0v) is 18.2. The summed E-state index contributed by atoms with van der Waals surface area (Å²) in [5.74, 6) is -2.78. The van der Waals surface area contributed by atoms with Gasteiger partial charge in [0.15, 0.2) is 17.8 Å². The summed E-state index contributed by atoms with van der Waals surface area (Å²) in [5, 5.41) is 13.1. The Kier molecular flexibility index (Phi) is 7.04. The first-order valence-electron chi connectivity index (χ1n) is 10.7. The fourth-order valence-corrected chi connectivity index (χ4v) is 4.01. The van der Waals surface area contributed by atoms with Gasteiger partial charge in [0.05, 0.1) is 13.0 Å². The van der Waals surface area contributed by atoms with Gasteiger partial charge in [0, 0.05) is 5.92 Å².